The van der Waals surface area contributed by atoms with Crippen molar-refractivity contribution in [1.29, 1.82) is 5.41 Å². The van der Waals surface area contributed by atoms with E-state index in [1.165, 1.54) is 18.2 Å². The van der Waals surface area contributed by atoms with Crippen LogP contribution in [-0.4, -0.2) is 39.0 Å². The zero-order valence-corrected chi connectivity index (χ0v) is 20.4. The number of aromatic carboxylic acids is 1. The van der Waals surface area contributed by atoms with E-state index in [1.807, 2.05) is 36.5 Å². The van der Waals surface area contributed by atoms with Gasteiger partial charge in [0.15, 0.2) is 5.96 Å². The fraction of sp³-hybridized carbons (Fsp3) is 0.0714. The number of guanidine groups is 1. The van der Waals surface area contributed by atoms with Gasteiger partial charge in [0.1, 0.15) is 5.75 Å². The highest BCUT2D eigenvalue weighted by Gasteiger charge is 2.11. The molecule has 2 heterocycles. The van der Waals surface area contributed by atoms with Crippen molar-refractivity contribution in [2.45, 2.75) is 6.54 Å². The lowest BCUT2D eigenvalue weighted by Crippen LogP contribution is -2.28. The van der Waals surface area contributed by atoms with Crippen LogP contribution < -0.4 is 21.9 Å². The number of phenolic OH excluding ortho intramolecular Hbond substituents is 1. The van der Waals surface area contributed by atoms with E-state index in [2.05, 4.69) is 32.4 Å². The second-order valence-electron chi connectivity index (χ2n) is 7.98. The minimum Gasteiger partial charge on any atom is -0.545 e. The van der Waals surface area contributed by atoms with E-state index in [0.29, 0.717) is 24.4 Å². The number of hydrogen-bond donors (Lipinski definition) is 5. The maximum atomic E-state index is 12.3. The number of para-hydroxylation sites is 2. The molecule has 3 aromatic carbocycles. The van der Waals surface area contributed by atoms with Crippen molar-refractivity contribution in [2.75, 3.05) is 6.54 Å². The summed E-state index contributed by atoms with van der Waals surface area (Å²) in [4.78, 5) is 27.5. The quantitative estimate of drug-likeness (QED) is 0.177. The summed E-state index contributed by atoms with van der Waals surface area (Å²) in [5.41, 5.74) is 11.3. The van der Waals surface area contributed by atoms with E-state index < -0.39 is 5.97 Å². The first-order valence-electron chi connectivity index (χ1n) is 11.5. The van der Waals surface area contributed by atoms with Gasteiger partial charge in [0, 0.05) is 41.1 Å². The molecule has 1 amide bonds. The number of carbonyl (C=O) groups is 2. The molecule has 5 rings (SSSR count). The topological polar surface area (TPSA) is 183 Å². The van der Waals surface area contributed by atoms with Crippen LogP contribution in [0, 0.1) is 5.41 Å². The summed E-state index contributed by atoms with van der Waals surface area (Å²) in [6.45, 7) is 0.971. The van der Waals surface area contributed by atoms with Crippen molar-refractivity contribution in [3.63, 3.8) is 0 Å². The highest BCUT2D eigenvalue weighted by Crippen LogP contribution is 2.27. The third-order valence-electron chi connectivity index (χ3n) is 5.31. The van der Waals surface area contributed by atoms with Crippen molar-refractivity contribution >= 4 is 39.6 Å². The monoisotopic (exact) mass is 511 g/mol. The number of amides is 1. The van der Waals surface area contributed by atoms with Crippen LogP contribution >= 0.6 is 0 Å². The molecule has 0 unspecified atom stereocenters. The Morgan fingerprint density at radius 3 is 2.18 bits per heavy atom. The summed E-state index contributed by atoms with van der Waals surface area (Å²) in [7, 11) is 0. The van der Waals surface area contributed by atoms with E-state index in [0.717, 1.165) is 21.8 Å². The first-order valence-corrected chi connectivity index (χ1v) is 11.5. The van der Waals surface area contributed by atoms with Crippen LogP contribution in [0.4, 0.5) is 0 Å². The number of nitrogens with one attached hydrogen (secondary N) is 2. The van der Waals surface area contributed by atoms with E-state index in [4.69, 9.17) is 10.5 Å². The largest absolute Gasteiger partial charge is 0.545 e. The molecule has 0 fully saturated rings. The highest BCUT2D eigenvalue weighted by atomic mass is 16.4. The molecule has 0 atom stereocenters. The molecule has 0 radical (unpaired) electrons. The third-order valence-corrected chi connectivity index (χ3v) is 5.31. The van der Waals surface area contributed by atoms with Crippen molar-refractivity contribution in [3.8, 4) is 5.75 Å². The Morgan fingerprint density at radius 2 is 1.53 bits per heavy atom. The van der Waals surface area contributed by atoms with Crippen LogP contribution in [0.3, 0.4) is 0 Å². The smallest absolute Gasteiger partial charge is 0.251 e. The molecular weight excluding hydrogens is 484 g/mol. The fourth-order valence-electron chi connectivity index (χ4n) is 3.74. The van der Waals surface area contributed by atoms with Gasteiger partial charge in [-0.15, -0.1) is 0 Å². The number of hydrogen-bond acceptors (Lipinski definition) is 6. The Kier molecular flexibility index (Phi) is 9.36. The van der Waals surface area contributed by atoms with Gasteiger partial charge in [-0.1, -0.05) is 48.5 Å². The van der Waals surface area contributed by atoms with Crippen LogP contribution in [0.5, 0.6) is 5.75 Å². The average molecular weight is 512 g/mol. The lowest BCUT2D eigenvalue weighted by atomic mass is 10.1. The number of fused-ring (bicyclic) bond motifs is 3. The van der Waals surface area contributed by atoms with Crippen LogP contribution in [0.15, 0.2) is 97.3 Å². The first kappa shape index (κ1) is 27.2. The molecule has 0 saturated carbocycles. The van der Waals surface area contributed by atoms with Gasteiger partial charge in [0.05, 0.1) is 17.7 Å². The molecule has 5 aromatic rings. The molecular formula is C28H27N6O4-. The molecule has 10 heteroatoms. The third kappa shape index (κ3) is 7.31. The van der Waals surface area contributed by atoms with E-state index in [1.54, 1.807) is 36.5 Å². The Labute approximate surface area is 218 Å². The minimum absolute atomic E-state index is 0.0175. The molecule has 38 heavy (non-hydrogen) atoms. The SMILES string of the molecule is N=C(N)N.O=C([O-])c1cccc(C(=O)NCCn2c3ccccc3c3ccncc32)c1.Oc1ccccc1. The molecule has 0 aliphatic carbocycles. The van der Waals surface area contributed by atoms with Gasteiger partial charge >= 0.3 is 0 Å². The van der Waals surface area contributed by atoms with Crippen LogP contribution in [0.2, 0.25) is 0 Å². The number of nitrogens with two attached hydrogens (primary N) is 2. The minimum atomic E-state index is -1.30. The summed E-state index contributed by atoms with van der Waals surface area (Å²) >= 11 is 0. The number of benzene rings is 3. The second kappa shape index (κ2) is 13.1. The number of carboxylic acid groups (broad SMARTS) is 1. The average Bonchev–Trinajstić information content (AvgIpc) is 3.23. The summed E-state index contributed by atoms with van der Waals surface area (Å²) in [5.74, 6) is -1.64. The number of phenols is 1. The zero-order valence-electron chi connectivity index (χ0n) is 20.4. The lowest BCUT2D eigenvalue weighted by molar-refractivity contribution is -0.255. The number of aromatic nitrogens is 2. The summed E-state index contributed by atoms with van der Waals surface area (Å²) < 4.78 is 2.12. The number of carboxylic acids is 1. The van der Waals surface area contributed by atoms with Gasteiger partial charge in [-0.25, -0.2) is 0 Å². The number of nitrogens with zero attached hydrogens (tertiary/aromatic N) is 2. The van der Waals surface area contributed by atoms with Gasteiger partial charge in [-0.3, -0.25) is 15.2 Å². The van der Waals surface area contributed by atoms with Gasteiger partial charge in [-0.2, -0.15) is 0 Å². The van der Waals surface area contributed by atoms with Crippen molar-refractivity contribution in [1.82, 2.24) is 14.9 Å². The van der Waals surface area contributed by atoms with Gasteiger partial charge < -0.3 is 36.4 Å². The van der Waals surface area contributed by atoms with Crippen LogP contribution in [0.25, 0.3) is 21.8 Å². The zero-order chi connectivity index (χ0) is 27.5. The van der Waals surface area contributed by atoms with E-state index in [-0.39, 0.29) is 17.4 Å². The van der Waals surface area contributed by atoms with Crippen LogP contribution in [-0.2, 0) is 6.54 Å². The second-order valence-corrected chi connectivity index (χ2v) is 7.98. The Bertz CT molecular complexity index is 1490. The number of rotatable bonds is 5. The first-order chi connectivity index (χ1) is 18.3. The maximum absolute atomic E-state index is 12.3. The lowest BCUT2D eigenvalue weighted by Gasteiger charge is -2.10. The van der Waals surface area contributed by atoms with Crippen molar-refractivity contribution in [2.24, 2.45) is 11.5 Å². The maximum Gasteiger partial charge on any atom is 0.251 e. The number of pyridine rings is 1. The predicted molar refractivity (Wildman–Crippen MR) is 145 cm³/mol. The fourth-order valence-corrected chi connectivity index (χ4v) is 3.74. The summed E-state index contributed by atoms with van der Waals surface area (Å²) in [6, 6.07) is 24.6. The molecule has 0 spiro atoms. The molecule has 0 aliphatic rings. The summed E-state index contributed by atoms with van der Waals surface area (Å²) in [6.07, 6.45) is 3.59. The normalized spacial score (nSPS) is 10.0. The summed E-state index contributed by atoms with van der Waals surface area (Å²) in [5, 5.41) is 30.7. The molecule has 2 aromatic heterocycles. The predicted octanol–water partition coefficient (Wildman–Crippen LogP) is 2.21. The Hall–Kier alpha value is -5.38. The van der Waals surface area contributed by atoms with Crippen molar-refractivity contribution in [3.05, 3.63) is 108 Å². The molecule has 0 bridgehead atoms. The van der Waals surface area contributed by atoms with Gasteiger partial charge in [-0.05, 0) is 42.0 Å². The molecule has 10 nitrogen and oxygen atoms in total. The van der Waals surface area contributed by atoms with Crippen LogP contribution in [0.1, 0.15) is 20.7 Å². The molecule has 7 N–H and O–H groups in total. The van der Waals surface area contributed by atoms with Gasteiger partial charge in [0.2, 0.25) is 0 Å². The van der Waals surface area contributed by atoms with Gasteiger partial charge in [0.25, 0.3) is 5.91 Å². The van der Waals surface area contributed by atoms with E-state index >= 15 is 0 Å². The molecule has 194 valence electrons. The Morgan fingerprint density at radius 1 is 0.895 bits per heavy atom. The van der Waals surface area contributed by atoms with Crippen molar-refractivity contribution < 1.29 is 19.8 Å². The van der Waals surface area contributed by atoms with E-state index in [9.17, 15) is 14.7 Å². The molecule has 0 saturated heterocycles. The number of aromatic hydroxyl groups is 1. The number of carbonyl (C=O) groups excluding carboxylic acids is 2. The molecule has 0 aliphatic heterocycles. The standard InChI is InChI=1S/C21H17N3O3.C6H6O.CH5N3/c25-20(14-4-3-5-15(12-14)21(26)27)23-10-11-24-18-7-2-1-6-16(18)17-8-9-22-13-19(17)24;7-6-4-2-1-3-5-6;2-1(3)4/h1-9,12-13H,10-11H2,(H,23,25)(H,26,27);1-5,7H;(H5,2,3,4)/p-1. The Balaban J connectivity index is 0.000000304. The highest BCUT2D eigenvalue weighted by molar-refractivity contribution is 6.07.